The second-order valence-corrected chi connectivity index (χ2v) is 8.30. The molecule has 1 unspecified atom stereocenters. The van der Waals surface area contributed by atoms with Gasteiger partial charge in [-0.3, -0.25) is 23.6 Å². The number of anilines is 1. The molecular weight excluding hydrogens is 420 g/mol. The number of hydrogen-bond acceptors (Lipinski definition) is 6. The quantitative estimate of drug-likeness (QED) is 0.557. The maximum absolute atomic E-state index is 13.3. The zero-order valence-electron chi connectivity index (χ0n) is 18.9. The SMILES string of the molecule is COc1ccc(C2CCCN2CC(=O)c2c(N)n(Cc3ccccc3)c(=O)n(C)c2=O)cc1. The minimum atomic E-state index is -0.660. The van der Waals surface area contributed by atoms with Crippen molar-refractivity contribution in [2.45, 2.75) is 25.4 Å². The van der Waals surface area contributed by atoms with Crippen LogP contribution in [0.3, 0.4) is 0 Å². The van der Waals surface area contributed by atoms with E-state index in [1.165, 1.54) is 11.6 Å². The topological polar surface area (TPSA) is 99.6 Å². The number of likely N-dealkylation sites (tertiary alicyclic amines) is 1. The second-order valence-electron chi connectivity index (χ2n) is 8.30. The summed E-state index contributed by atoms with van der Waals surface area (Å²) in [4.78, 5) is 41.0. The maximum atomic E-state index is 13.3. The lowest BCUT2D eigenvalue weighted by Gasteiger charge is -2.24. The maximum Gasteiger partial charge on any atom is 0.332 e. The van der Waals surface area contributed by atoms with Gasteiger partial charge in [0.15, 0.2) is 5.78 Å². The summed E-state index contributed by atoms with van der Waals surface area (Å²) in [6.07, 6.45) is 1.87. The molecular formula is C25H28N4O4. The van der Waals surface area contributed by atoms with Gasteiger partial charge in [0.05, 0.1) is 20.2 Å². The van der Waals surface area contributed by atoms with E-state index in [0.29, 0.717) is 0 Å². The Morgan fingerprint density at radius 2 is 1.79 bits per heavy atom. The molecule has 0 aliphatic carbocycles. The summed E-state index contributed by atoms with van der Waals surface area (Å²) in [6, 6.07) is 17.2. The van der Waals surface area contributed by atoms with Gasteiger partial charge in [-0.05, 0) is 42.6 Å². The number of nitrogens with zero attached hydrogens (tertiary/aromatic N) is 3. The molecule has 4 rings (SSSR count). The van der Waals surface area contributed by atoms with Crippen LogP contribution in [-0.4, -0.2) is 40.0 Å². The number of aromatic nitrogens is 2. The Hall–Kier alpha value is -3.65. The van der Waals surface area contributed by atoms with Crippen molar-refractivity contribution in [1.29, 1.82) is 0 Å². The number of carbonyl (C=O) groups is 1. The van der Waals surface area contributed by atoms with Crippen molar-refractivity contribution in [2.24, 2.45) is 7.05 Å². The average Bonchev–Trinajstić information content (AvgIpc) is 3.29. The van der Waals surface area contributed by atoms with Crippen molar-refractivity contribution >= 4 is 11.6 Å². The molecule has 1 atom stereocenters. The third kappa shape index (κ3) is 4.47. The van der Waals surface area contributed by atoms with E-state index in [4.69, 9.17) is 10.5 Å². The van der Waals surface area contributed by atoms with Gasteiger partial charge in [0, 0.05) is 13.1 Å². The highest BCUT2D eigenvalue weighted by Crippen LogP contribution is 2.32. The molecule has 1 saturated heterocycles. The van der Waals surface area contributed by atoms with Gasteiger partial charge >= 0.3 is 5.69 Å². The van der Waals surface area contributed by atoms with Gasteiger partial charge < -0.3 is 10.5 Å². The minimum Gasteiger partial charge on any atom is -0.497 e. The van der Waals surface area contributed by atoms with Crippen LogP contribution in [0.25, 0.3) is 0 Å². The lowest BCUT2D eigenvalue weighted by atomic mass is 10.0. The highest BCUT2D eigenvalue weighted by atomic mass is 16.5. The molecule has 0 amide bonds. The molecule has 0 spiro atoms. The fraction of sp³-hybridized carbons (Fsp3) is 0.320. The van der Waals surface area contributed by atoms with E-state index in [1.807, 2.05) is 54.6 Å². The number of nitrogen functional groups attached to an aromatic ring is 1. The van der Waals surface area contributed by atoms with Crippen LogP contribution in [-0.2, 0) is 13.6 Å². The van der Waals surface area contributed by atoms with Gasteiger partial charge in [-0.25, -0.2) is 4.79 Å². The fourth-order valence-corrected chi connectivity index (χ4v) is 4.45. The summed E-state index contributed by atoms with van der Waals surface area (Å²) < 4.78 is 7.48. The van der Waals surface area contributed by atoms with E-state index in [2.05, 4.69) is 4.90 Å². The van der Waals surface area contributed by atoms with Gasteiger partial charge in [-0.1, -0.05) is 42.5 Å². The van der Waals surface area contributed by atoms with E-state index in [0.717, 1.165) is 40.8 Å². The number of nitrogens with two attached hydrogens (primary N) is 1. The Balaban J connectivity index is 1.63. The molecule has 1 aliphatic heterocycles. The number of hydrogen-bond donors (Lipinski definition) is 1. The summed E-state index contributed by atoms with van der Waals surface area (Å²) in [7, 11) is 3.00. The van der Waals surface area contributed by atoms with Crippen molar-refractivity contribution in [1.82, 2.24) is 14.0 Å². The fourth-order valence-electron chi connectivity index (χ4n) is 4.45. The van der Waals surface area contributed by atoms with Gasteiger partial charge in [-0.15, -0.1) is 0 Å². The minimum absolute atomic E-state index is 0.0552. The Labute approximate surface area is 191 Å². The van der Waals surface area contributed by atoms with Crippen molar-refractivity contribution in [2.75, 3.05) is 25.9 Å². The predicted octanol–water partition coefficient (Wildman–Crippen LogP) is 2.21. The predicted molar refractivity (Wildman–Crippen MR) is 127 cm³/mol. The van der Waals surface area contributed by atoms with Crippen LogP contribution in [0, 0.1) is 0 Å². The van der Waals surface area contributed by atoms with E-state index >= 15 is 0 Å². The zero-order chi connectivity index (χ0) is 23.5. The van der Waals surface area contributed by atoms with Crippen LogP contribution in [0.1, 0.15) is 40.4 Å². The third-order valence-corrected chi connectivity index (χ3v) is 6.26. The summed E-state index contributed by atoms with van der Waals surface area (Å²) >= 11 is 0. The number of benzene rings is 2. The molecule has 1 aliphatic rings. The van der Waals surface area contributed by atoms with Crippen molar-refractivity contribution in [3.05, 3.63) is 92.1 Å². The highest BCUT2D eigenvalue weighted by molar-refractivity contribution is 6.01. The molecule has 1 aromatic heterocycles. The molecule has 0 saturated carbocycles. The number of ketones is 1. The van der Waals surface area contributed by atoms with Crippen LogP contribution >= 0.6 is 0 Å². The van der Waals surface area contributed by atoms with Crippen molar-refractivity contribution in [3.8, 4) is 5.75 Å². The molecule has 33 heavy (non-hydrogen) atoms. The average molecular weight is 449 g/mol. The van der Waals surface area contributed by atoms with Crippen molar-refractivity contribution in [3.63, 3.8) is 0 Å². The lowest BCUT2D eigenvalue weighted by Crippen LogP contribution is -2.44. The largest absolute Gasteiger partial charge is 0.497 e. The Bertz CT molecular complexity index is 1260. The first-order valence-corrected chi connectivity index (χ1v) is 10.9. The monoisotopic (exact) mass is 448 g/mol. The van der Waals surface area contributed by atoms with Gasteiger partial charge in [0.2, 0.25) is 0 Å². The highest BCUT2D eigenvalue weighted by Gasteiger charge is 2.30. The number of Topliss-reactive ketones (excluding diaryl/α,β-unsaturated/α-hetero) is 1. The smallest absolute Gasteiger partial charge is 0.332 e. The van der Waals surface area contributed by atoms with E-state index in [1.54, 1.807) is 7.11 Å². The normalized spacial score (nSPS) is 16.1. The number of ether oxygens (including phenoxy) is 1. The van der Waals surface area contributed by atoms with Gasteiger partial charge in [0.1, 0.15) is 17.1 Å². The summed E-state index contributed by atoms with van der Waals surface area (Å²) in [5.41, 5.74) is 6.86. The summed E-state index contributed by atoms with van der Waals surface area (Å²) in [5, 5.41) is 0. The lowest BCUT2D eigenvalue weighted by molar-refractivity contribution is 0.0919. The molecule has 8 nitrogen and oxygen atoms in total. The van der Waals surface area contributed by atoms with E-state index < -0.39 is 11.2 Å². The molecule has 2 N–H and O–H groups in total. The molecule has 1 fully saturated rings. The van der Waals surface area contributed by atoms with Crippen LogP contribution < -0.4 is 21.7 Å². The zero-order valence-corrected chi connectivity index (χ0v) is 18.9. The van der Waals surface area contributed by atoms with Gasteiger partial charge in [0.25, 0.3) is 5.56 Å². The molecule has 2 heterocycles. The summed E-state index contributed by atoms with van der Waals surface area (Å²) in [6.45, 7) is 0.976. The van der Waals surface area contributed by atoms with Crippen LogP contribution in [0.15, 0.2) is 64.2 Å². The van der Waals surface area contributed by atoms with Crippen molar-refractivity contribution < 1.29 is 9.53 Å². The number of carbonyl (C=O) groups excluding carboxylic acids is 1. The third-order valence-electron chi connectivity index (χ3n) is 6.26. The van der Waals surface area contributed by atoms with Crippen LogP contribution in [0.4, 0.5) is 5.82 Å². The van der Waals surface area contributed by atoms with Gasteiger partial charge in [-0.2, -0.15) is 0 Å². The molecule has 8 heteroatoms. The molecule has 2 aromatic carbocycles. The molecule has 3 aromatic rings. The second kappa shape index (κ2) is 9.46. The Morgan fingerprint density at radius 1 is 1.09 bits per heavy atom. The Kier molecular flexibility index (Phi) is 6.46. The number of rotatable bonds is 7. The van der Waals surface area contributed by atoms with Crippen LogP contribution in [0.2, 0.25) is 0 Å². The molecule has 0 radical (unpaired) electrons. The molecule has 172 valence electrons. The molecule has 0 bridgehead atoms. The first-order chi connectivity index (χ1) is 15.9. The van der Waals surface area contributed by atoms with Crippen LogP contribution in [0.5, 0.6) is 5.75 Å². The summed E-state index contributed by atoms with van der Waals surface area (Å²) in [5.74, 6) is 0.309. The first kappa shape index (κ1) is 22.5. The Morgan fingerprint density at radius 3 is 2.45 bits per heavy atom. The van der Waals surface area contributed by atoms with E-state index in [-0.39, 0.29) is 36.3 Å². The van der Waals surface area contributed by atoms with E-state index in [9.17, 15) is 14.4 Å². The first-order valence-electron chi connectivity index (χ1n) is 10.9. The standard InChI is InChI=1S/C25H28N4O4/c1-27-24(31)22(23(26)29(25(27)32)15-17-7-4-3-5-8-17)21(30)16-28-14-6-9-20(28)18-10-12-19(33-2)13-11-18/h3-5,7-8,10-13,20H,6,9,14-16,26H2,1-2H3. The number of methoxy groups -OCH3 is 1.